The van der Waals surface area contributed by atoms with Gasteiger partial charge >= 0.3 is 0 Å². The second-order valence-corrected chi connectivity index (χ2v) is 7.26. The third-order valence-corrected chi connectivity index (χ3v) is 6.44. The van der Waals surface area contributed by atoms with E-state index in [0.717, 1.165) is 30.4 Å². The van der Waals surface area contributed by atoms with Gasteiger partial charge in [0.05, 0.1) is 0 Å². The van der Waals surface area contributed by atoms with Gasteiger partial charge < -0.3 is 5.32 Å². The van der Waals surface area contributed by atoms with Gasteiger partial charge in [0.25, 0.3) is 0 Å². The predicted octanol–water partition coefficient (Wildman–Crippen LogP) is 4.58. The maximum absolute atomic E-state index is 13.9. The van der Waals surface area contributed by atoms with Crippen molar-refractivity contribution in [2.45, 2.75) is 19.3 Å². The lowest BCUT2D eigenvalue weighted by Gasteiger charge is -2.05. The highest BCUT2D eigenvalue weighted by atomic mass is 79.9. The molecule has 0 saturated heterocycles. The minimum Gasteiger partial charge on any atom is -0.316 e. The molecule has 0 aliphatic carbocycles. The Hall–Kier alpha value is -0.420. The van der Waals surface area contributed by atoms with Gasteiger partial charge in [0.15, 0.2) is 0 Å². The first-order valence-electron chi connectivity index (χ1n) is 6.59. The molecule has 0 fully saturated rings. The summed E-state index contributed by atoms with van der Waals surface area (Å²) in [5.74, 6) is -0.227. The molecule has 2 heterocycles. The van der Waals surface area contributed by atoms with Gasteiger partial charge in [0.1, 0.15) is 5.82 Å². The monoisotopic (exact) mass is 373 g/mol. The van der Waals surface area contributed by atoms with E-state index in [1.54, 1.807) is 23.5 Å². The van der Waals surface area contributed by atoms with Crippen molar-refractivity contribution in [2.75, 3.05) is 13.1 Å². The van der Waals surface area contributed by atoms with E-state index in [1.807, 2.05) is 0 Å². The van der Waals surface area contributed by atoms with E-state index in [0.29, 0.717) is 17.0 Å². The van der Waals surface area contributed by atoms with E-state index in [4.69, 9.17) is 11.6 Å². The Morgan fingerprint density at radius 2 is 2.10 bits per heavy atom. The first-order chi connectivity index (χ1) is 9.66. The highest BCUT2D eigenvalue weighted by molar-refractivity contribution is 9.10. The van der Waals surface area contributed by atoms with Crippen LogP contribution in [0.2, 0.25) is 5.02 Å². The Balaban J connectivity index is 1.96. The quantitative estimate of drug-likeness (QED) is 0.811. The van der Waals surface area contributed by atoms with Crippen LogP contribution in [-0.4, -0.2) is 13.1 Å². The molecule has 1 N–H and O–H groups in total. The van der Waals surface area contributed by atoms with Crippen LogP contribution in [0.3, 0.4) is 0 Å². The number of rotatable bonds is 2. The summed E-state index contributed by atoms with van der Waals surface area (Å²) in [7, 11) is 0. The molecule has 0 bridgehead atoms. The van der Waals surface area contributed by atoms with Crippen molar-refractivity contribution in [3.8, 4) is 0 Å². The van der Waals surface area contributed by atoms with E-state index < -0.39 is 0 Å². The van der Waals surface area contributed by atoms with Gasteiger partial charge in [-0.25, -0.2) is 4.39 Å². The van der Waals surface area contributed by atoms with Crippen molar-refractivity contribution in [1.29, 1.82) is 0 Å². The SMILES string of the molecule is Fc1cccc(Cl)c1Cc1sc2c(c1Br)CCNCC2. The molecule has 106 valence electrons. The van der Waals surface area contributed by atoms with Crippen LogP contribution in [0.5, 0.6) is 0 Å². The van der Waals surface area contributed by atoms with Crippen molar-refractivity contribution in [2.24, 2.45) is 0 Å². The summed E-state index contributed by atoms with van der Waals surface area (Å²) in [6.07, 6.45) is 2.62. The van der Waals surface area contributed by atoms with Gasteiger partial charge in [-0.3, -0.25) is 0 Å². The van der Waals surface area contributed by atoms with Gasteiger partial charge in [-0.1, -0.05) is 17.7 Å². The molecule has 1 aromatic carbocycles. The minimum absolute atomic E-state index is 0.227. The Kier molecular flexibility index (Phi) is 4.46. The van der Waals surface area contributed by atoms with Crippen molar-refractivity contribution in [3.63, 3.8) is 0 Å². The summed E-state index contributed by atoms with van der Waals surface area (Å²) < 4.78 is 15.1. The van der Waals surface area contributed by atoms with Crippen molar-refractivity contribution >= 4 is 38.9 Å². The van der Waals surface area contributed by atoms with Gasteiger partial charge in [0.2, 0.25) is 0 Å². The van der Waals surface area contributed by atoms with E-state index in [-0.39, 0.29) is 5.82 Å². The third-order valence-electron chi connectivity index (χ3n) is 3.57. The van der Waals surface area contributed by atoms with Crippen molar-refractivity contribution in [3.05, 3.63) is 54.4 Å². The van der Waals surface area contributed by atoms with E-state index >= 15 is 0 Å². The molecule has 0 radical (unpaired) electrons. The van der Waals surface area contributed by atoms with Crippen LogP contribution in [0.1, 0.15) is 20.9 Å². The second-order valence-electron chi connectivity index (χ2n) is 4.87. The van der Waals surface area contributed by atoms with Gasteiger partial charge in [-0.05, 0) is 59.6 Å². The summed E-state index contributed by atoms with van der Waals surface area (Å²) in [5, 5.41) is 3.90. The first-order valence-corrected chi connectivity index (χ1v) is 8.58. The number of halogens is 3. The highest BCUT2D eigenvalue weighted by Crippen LogP contribution is 2.37. The Morgan fingerprint density at radius 3 is 2.90 bits per heavy atom. The molecule has 3 rings (SSSR count). The van der Waals surface area contributed by atoms with Gasteiger partial charge in [0, 0.05) is 31.2 Å². The highest BCUT2D eigenvalue weighted by Gasteiger charge is 2.19. The van der Waals surface area contributed by atoms with Crippen LogP contribution in [0.4, 0.5) is 4.39 Å². The Labute approximate surface area is 135 Å². The molecule has 20 heavy (non-hydrogen) atoms. The van der Waals surface area contributed by atoms with Gasteiger partial charge in [-0.2, -0.15) is 0 Å². The van der Waals surface area contributed by atoms with Crippen LogP contribution in [-0.2, 0) is 19.3 Å². The fraction of sp³-hybridized carbons (Fsp3) is 0.333. The largest absolute Gasteiger partial charge is 0.316 e. The number of fused-ring (bicyclic) bond motifs is 1. The maximum atomic E-state index is 13.9. The van der Waals surface area contributed by atoms with Crippen LogP contribution in [0.15, 0.2) is 22.7 Å². The molecule has 1 aliphatic heterocycles. The lowest BCUT2D eigenvalue weighted by atomic mass is 10.1. The zero-order valence-corrected chi connectivity index (χ0v) is 14.0. The third kappa shape index (κ3) is 2.80. The zero-order valence-electron chi connectivity index (χ0n) is 10.8. The molecule has 1 aliphatic rings. The molecule has 0 atom stereocenters. The molecule has 2 aromatic rings. The molecule has 0 amide bonds. The average Bonchev–Trinajstić information content (AvgIpc) is 2.61. The lowest BCUT2D eigenvalue weighted by Crippen LogP contribution is -2.16. The molecule has 5 heteroatoms. The van der Waals surface area contributed by atoms with Crippen LogP contribution >= 0.6 is 38.9 Å². The van der Waals surface area contributed by atoms with Crippen LogP contribution < -0.4 is 5.32 Å². The summed E-state index contributed by atoms with van der Waals surface area (Å²) in [4.78, 5) is 2.58. The molecular weight excluding hydrogens is 361 g/mol. The predicted molar refractivity (Wildman–Crippen MR) is 86.5 cm³/mol. The summed E-state index contributed by atoms with van der Waals surface area (Å²) in [6, 6.07) is 4.86. The number of benzene rings is 1. The zero-order chi connectivity index (χ0) is 14.1. The van der Waals surface area contributed by atoms with Crippen LogP contribution in [0, 0.1) is 5.82 Å². The molecule has 0 spiro atoms. The Bertz CT molecular complexity index is 621. The number of nitrogens with one attached hydrogen (secondary N) is 1. The van der Waals surface area contributed by atoms with E-state index in [9.17, 15) is 4.39 Å². The number of thiophene rings is 1. The fourth-order valence-corrected chi connectivity index (χ4v) is 4.95. The smallest absolute Gasteiger partial charge is 0.128 e. The minimum atomic E-state index is -0.227. The maximum Gasteiger partial charge on any atom is 0.128 e. The molecule has 0 unspecified atom stereocenters. The fourth-order valence-electron chi connectivity index (χ4n) is 2.51. The molecule has 1 aromatic heterocycles. The van der Waals surface area contributed by atoms with E-state index in [2.05, 4.69) is 21.2 Å². The molecule has 0 saturated carbocycles. The average molecular weight is 375 g/mol. The van der Waals surface area contributed by atoms with Crippen molar-refractivity contribution < 1.29 is 4.39 Å². The van der Waals surface area contributed by atoms with Crippen LogP contribution in [0.25, 0.3) is 0 Å². The van der Waals surface area contributed by atoms with Crippen molar-refractivity contribution in [1.82, 2.24) is 5.32 Å². The Morgan fingerprint density at radius 1 is 1.30 bits per heavy atom. The second kappa shape index (κ2) is 6.14. The first kappa shape index (κ1) is 14.5. The summed E-state index contributed by atoms with van der Waals surface area (Å²) in [5.41, 5.74) is 1.96. The lowest BCUT2D eigenvalue weighted by molar-refractivity contribution is 0.614. The van der Waals surface area contributed by atoms with E-state index in [1.165, 1.54) is 21.4 Å². The summed E-state index contributed by atoms with van der Waals surface area (Å²) in [6.45, 7) is 2.02. The standard InChI is InChI=1S/C15H14BrClFNS/c16-15-9-4-6-19-7-5-13(9)20-14(15)8-10-11(17)2-1-3-12(10)18/h1-3,19H,4-8H2. The molecular formula is C15H14BrClFNS. The summed E-state index contributed by atoms with van der Waals surface area (Å²) >= 11 is 11.6. The molecule has 1 nitrogen and oxygen atoms in total. The normalized spacial score (nSPS) is 14.9. The topological polar surface area (TPSA) is 12.0 Å². The number of hydrogen-bond donors (Lipinski definition) is 1. The number of hydrogen-bond acceptors (Lipinski definition) is 2. The van der Waals surface area contributed by atoms with Gasteiger partial charge in [-0.15, -0.1) is 11.3 Å².